The second-order valence-electron chi connectivity index (χ2n) is 8.09. The summed E-state index contributed by atoms with van der Waals surface area (Å²) in [7, 11) is 0. The van der Waals surface area contributed by atoms with E-state index in [1.807, 2.05) is 36.4 Å². The van der Waals surface area contributed by atoms with E-state index in [9.17, 15) is 4.79 Å². The number of hydrogen-bond acceptors (Lipinski definition) is 3. The van der Waals surface area contributed by atoms with Gasteiger partial charge in [-0.2, -0.15) is 5.10 Å². The van der Waals surface area contributed by atoms with Gasteiger partial charge in [-0.25, -0.2) is 4.68 Å². The summed E-state index contributed by atoms with van der Waals surface area (Å²) in [5.41, 5.74) is 10.3. The van der Waals surface area contributed by atoms with E-state index in [1.54, 1.807) is 10.7 Å². The highest BCUT2D eigenvalue weighted by molar-refractivity contribution is 6.30. The summed E-state index contributed by atoms with van der Waals surface area (Å²) in [6, 6.07) is 19.8. The average Bonchev–Trinajstić information content (AvgIpc) is 2.75. The fourth-order valence-electron chi connectivity index (χ4n) is 4.39. The Kier molecular flexibility index (Phi) is 5.57. The van der Waals surface area contributed by atoms with Crippen LogP contribution in [0.5, 0.6) is 0 Å². The van der Waals surface area contributed by atoms with E-state index in [4.69, 9.17) is 22.4 Å². The van der Waals surface area contributed by atoms with Gasteiger partial charge in [0.2, 0.25) is 0 Å². The first-order chi connectivity index (χ1) is 14.0. The van der Waals surface area contributed by atoms with Gasteiger partial charge in [0.1, 0.15) is 0 Å². The van der Waals surface area contributed by atoms with Crippen LogP contribution in [0.2, 0.25) is 5.02 Å². The molecule has 4 nitrogen and oxygen atoms in total. The molecule has 1 aliphatic carbocycles. The van der Waals surface area contributed by atoms with Crippen LogP contribution in [0, 0.1) is 6.92 Å². The second kappa shape index (κ2) is 8.13. The summed E-state index contributed by atoms with van der Waals surface area (Å²) < 4.78 is 1.67. The molecule has 0 atom stereocenters. The molecule has 0 saturated heterocycles. The fourth-order valence-corrected chi connectivity index (χ4v) is 4.58. The molecule has 2 N–H and O–H groups in total. The molecule has 0 bridgehead atoms. The molecule has 1 aromatic heterocycles. The topological polar surface area (TPSA) is 60.9 Å². The molecule has 0 amide bonds. The molecule has 0 radical (unpaired) electrons. The lowest BCUT2D eigenvalue weighted by Crippen LogP contribution is -2.41. The van der Waals surface area contributed by atoms with Crippen LogP contribution in [0.3, 0.4) is 0 Å². The molecule has 0 aliphatic heterocycles. The Bertz CT molecular complexity index is 1050. The van der Waals surface area contributed by atoms with E-state index < -0.39 is 0 Å². The number of aromatic nitrogens is 2. The maximum Gasteiger partial charge on any atom is 0.267 e. The Morgan fingerprint density at radius 1 is 1.10 bits per heavy atom. The number of hydrogen-bond donors (Lipinski definition) is 1. The molecule has 4 rings (SSSR count). The molecule has 1 fully saturated rings. The smallest absolute Gasteiger partial charge is 0.267 e. The minimum atomic E-state index is -0.0838. The van der Waals surface area contributed by atoms with Crippen LogP contribution in [-0.2, 0) is 5.41 Å². The number of aryl methyl sites for hydroxylation is 1. The Balaban J connectivity index is 1.59. The van der Waals surface area contributed by atoms with Gasteiger partial charge in [-0.3, -0.25) is 4.79 Å². The van der Waals surface area contributed by atoms with Crippen LogP contribution < -0.4 is 11.3 Å². The second-order valence-corrected chi connectivity index (χ2v) is 8.53. The molecule has 3 aromatic rings. The SMILES string of the molecule is Cc1ccc(-c2ccc(=O)n([C@H]3CC[C@](CN)(c4cccc(Cl)c4)CC3)n2)cc1. The van der Waals surface area contributed by atoms with Crippen molar-refractivity contribution in [1.29, 1.82) is 0 Å². The zero-order valence-electron chi connectivity index (χ0n) is 16.6. The average molecular weight is 408 g/mol. The van der Waals surface area contributed by atoms with Crippen molar-refractivity contribution >= 4 is 11.6 Å². The van der Waals surface area contributed by atoms with E-state index in [1.165, 1.54) is 11.1 Å². The number of nitrogens with two attached hydrogens (primary N) is 1. The highest BCUT2D eigenvalue weighted by atomic mass is 35.5. The Hall–Kier alpha value is -2.43. The molecule has 5 heteroatoms. The number of nitrogens with zero attached hydrogens (tertiary/aromatic N) is 2. The molecule has 1 heterocycles. The van der Waals surface area contributed by atoms with Crippen molar-refractivity contribution in [2.24, 2.45) is 5.73 Å². The van der Waals surface area contributed by atoms with Crippen LogP contribution in [-0.4, -0.2) is 16.3 Å². The number of rotatable bonds is 4. The molecule has 2 aromatic carbocycles. The van der Waals surface area contributed by atoms with Gasteiger partial charge in [0.05, 0.1) is 11.7 Å². The minimum Gasteiger partial charge on any atom is -0.330 e. The van der Waals surface area contributed by atoms with Crippen molar-refractivity contribution in [3.8, 4) is 11.3 Å². The summed E-state index contributed by atoms with van der Waals surface area (Å²) in [5.74, 6) is 0. The van der Waals surface area contributed by atoms with E-state index >= 15 is 0 Å². The van der Waals surface area contributed by atoms with E-state index in [0.29, 0.717) is 6.54 Å². The van der Waals surface area contributed by atoms with E-state index in [0.717, 1.165) is 42.0 Å². The standard InChI is InChI=1S/C24H26ClN3O/c1-17-5-7-18(8-6-17)22-9-10-23(29)28(27-22)21-11-13-24(16-26,14-12-21)19-3-2-4-20(25)15-19/h2-10,15,21H,11-14,16,26H2,1H3/t21-,24-. The maximum atomic E-state index is 12.6. The zero-order chi connectivity index (χ0) is 20.4. The normalized spacial score (nSPS) is 21.8. The lowest BCUT2D eigenvalue weighted by atomic mass is 9.68. The summed E-state index contributed by atoms with van der Waals surface area (Å²) in [5, 5.41) is 5.45. The van der Waals surface area contributed by atoms with Gasteiger partial charge in [-0.15, -0.1) is 0 Å². The van der Waals surface area contributed by atoms with Crippen LogP contribution in [0.15, 0.2) is 65.5 Å². The van der Waals surface area contributed by atoms with Crippen LogP contribution >= 0.6 is 11.6 Å². The molecule has 0 spiro atoms. The van der Waals surface area contributed by atoms with Gasteiger partial charge < -0.3 is 5.73 Å². The van der Waals surface area contributed by atoms with Gasteiger partial charge >= 0.3 is 0 Å². The van der Waals surface area contributed by atoms with Gasteiger partial charge in [-0.05, 0) is 56.4 Å². The minimum absolute atomic E-state index is 0.0473. The molecule has 1 saturated carbocycles. The Labute approximate surface area is 176 Å². The van der Waals surface area contributed by atoms with Crippen molar-refractivity contribution in [3.05, 3.63) is 87.2 Å². The predicted molar refractivity (Wildman–Crippen MR) is 118 cm³/mol. The van der Waals surface area contributed by atoms with Crippen molar-refractivity contribution in [1.82, 2.24) is 9.78 Å². The molecule has 1 aliphatic rings. The lowest BCUT2D eigenvalue weighted by molar-refractivity contribution is 0.222. The monoisotopic (exact) mass is 407 g/mol. The lowest BCUT2D eigenvalue weighted by Gasteiger charge is -2.40. The van der Waals surface area contributed by atoms with Crippen molar-refractivity contribution < 1.29 is 0 Å². The summed E-state index contributed by atoms with van der Waals surface area (Å²) in [6.07, 6.45) is 3.57. The van der Waals surface area contributed by atoms with Gasteiger partial charge in [0, 0.05) is 28.6 Å². The fraction of sp³-hybridized carbons (Fsp3) is 0.333. The first-order valence-electron chi connectivity index (χ1n) is 10.1. The molecule has 0 unspecified atom stereocenters. The van der Waals surface area contributed by atoms with Crippen molar-refractivity contribution in [2.75, 3.05) is 6.54 Å². The maximum absolute atomic E-state index is 12.6. The largest absolute Gasteiger partial charge is 0.330 e. The third-order valence-electron chi connectivity index (χ3n) is 6.26. The van der Waals surface area contributed by atoms with Gasteiger partial charge in [0.25, 0.3) is 5.56 Å². The predicted octanol–water partition coefficient (Wildman–Crippen LogP) is 4.88. The van der Waals surface area contributed by atoms with E-state index in [-0.39, 0.29) is 17.0 Å². The third-order valence-corrected chi connectivity index (χ3v) is 6.49. The zero-order valence-corrected chi connectivity index (χ0v) is 17.4. The van der Waals surface area contributed by atoms with Gasteiger partial charge in [-0.1, -0.05) is 53.6 Å². The van der Waals surface area contributed by atoms with Gasteiger partial charge in [0.15, 0.2) is 0 Å². The summed E-state index contributed by atoms with van der Waals surface area (Å²) in [6.45, 7) is 2.63. The Morgan fingerprint density at radius 3 is 2.48 bits per heavy atom. The van der Waals surface area contributed by atoms with Crippen LogP contribution in [0.25, 0.3) is 11.3 Å². The Morgan fingerprint density at radius 2 is 1.83 bits per heavy atom. The number of benzene rings is 2. The quantitative estimate of drug-likeness (QED) is 0.670. The molecule has 150 valence electrons. The molecular weight excluding hydrogens is 382 g/mol. The summed E-state index contributed by atoms with van der Waals surface area (Å²) >= 11 is 6.22. The highest BCUT2D eigenvalue weighted by Gasteiger charge is 2.37. The summed E-state index contributed by atoms with van der Waals surface area (Å²) in [4.78, 5) is 12.6. The molecule has 29 heavy (non-hydrogen) atoms. The van der Waals surface area contributed by atoms with E-state index in [2.05, 4.69) is 25.1 Å². The number of halogens is 1. The van der Waals surface area contributed by atoms with Crippen molar-refractivity contribution in [2.45, 2.75) is 44.1 Å². The first-order valence-corrected chi connectivity index (χ1v) is 10.5. The molecular formula is C24H26ClN3O. The highest BCUT2D eigenvalue weighted by Crippen LogP contribution is 2.42. The van der Waals surface area contributed by atoms with Crippen molar-refractivity contribution in [3.63, 3.8) is 0 Å². The third kappa shape index (κ3) is 4.00. The first kappa shape index (κ1) is 19.9. The van der Waals surface area contributed by atoms with Crippen LogP contribution in [0.1, 0.15) is 42.9 Å². The van der Waals surface area contributed by atoms with Crippen LogP contribution in [0.4, 0.5) is 0 Å².